The number of carbonyl (C=O) groups is 1. The molecule has 1 heterocycles. The summed E-state index contributed by atoms with van der Waals surface area (Å²) < 4.78 is 0. The molecule has 1 aromatic heterocycles. The topological polar surface area (TPSA) is 53.2 Å². The van der Waals surface area contributed by atoms with E-state index in [0.717, 1.165) is 42.1 Å². The zero-order valence-electron chi connectivity index (χ0n) is 13.9. The second-order valence-electron chi connectivity index (χ2n) is 6.74. The van der Waals surface area contributed by atoms with Crippen LogP contribution in [0.15, 0.2) is 29.1 Å². The van der Waals surface area contributed by atoms with Gasteiger partial charge in [-0.15, -0.1) is 0 Å². The molecule has 0 aliphatic heterocycles. The number of aryl methyl sites for hydroxylation is 1. The van der Waals surface area contributed by atoms with Crippen molar-refractivity contribution >= 4 is 16.8 Å². The number of amides is 1. The molecular weight excluding hydrogens is 288 g/mol. The minimum absolute atomic E-state index is 0.107. The summed E-state index contributed by atoms with van der Waals surface area (Å²) in [5, 5.41) is 1.01. The van der Waals surface area contributed by atoms with Gasteiger partial charge in [0.2, 0.25) is 5.91 Å². The number of H-pyrrole nitrogens is 1. The third-order valence-electron chi connectivity index (χ3n) is 4.81. The lowest BCUT2D eigenvalue weighted by Gasteiger charge is -2.26. The fourth-order valence-electron chi connectivity index (χ4n) is 3.48. The third kappa shape index (κ3) is 3.46. The Morgan fingerprint density at radius 1 is 1.22 bits per heavy atom. The van der Waals surface area contributed by atoms with Gasteiger partial charge in [0.05, 0.1) is 6.54 Å². The fraction of sp³-hybridized carbons (Fsp3) is 0.474. The van der Waals surface area contributed by atoms with E-state index in [-0.39, 0.29) is 17.4 Å². The van der Waals surface area contributed by atoms with E-state index in [1.807, 2.05) is 25.1 Å². The first-order valence-corrected chi connectivity index (χ1v) is 8.42. The summed E-state index contributed by atoms with van der Waals surface area (Å²) in [6, 6.07) is 7.87. The minimum Gasteiger partial charge on any atom is -0.341 e. The summed E-state index contributed by atoms with van der Waals surface area (Å²) in [5.74, 6) is 0.309. The van der Waals surface area contributed by atoms with Gasteiger partial charge in [-0.05, 0) is 43.4 Å². The van der Waals surface area contributed by atoms with Gasteiger partial charge in [-0.25, -0.2) is 0 Å². The first kappa shape index (κ1) is 15.8. The van der Waals surface area contributed by atoms with E-state index in [0.29, 0.717) is 12.1 Å². The van der Waals surface area contributed by atoms with E-state index in [2.05, 4.69) is 11.1 Å². The van der Waals surface area contributed by atoms with Crippen LogP contribution in [0, 0.1) is 12.8 Å². The normalized spacial score (nSPS) is 15.7. The highest BCUT2D eigenvalue weighted by Gasteiger charge is 2.24. The predicted octanol–water partition coefficient (Wildman–Crippen LogP) is 3.38. The largest absolute Gasteiger partial charge is 0.341 e. The molecule has 0 atom stereocenters. The fourth-order valence-corrected chi connectivity index (χ4v) is 3.48. The summed E-state index contributed by atoms with van der Waals surface area (Å²) in [6.07, 6.45) is 5.48. The Morgan fingerprint density at radius 2 is 1.96 bits per heavy atom. The lowest BCUT2D eigenvalue weighted by molar-refractivity contribution is -0.135. The Kier molecular flexibility index (Phi) is 4.51. The molecule has 1 aliphatic rings. The lowest BCUT2D eigenvalue weighted by atomic mass is 9.88. The molecule has 0 saturated heterocycles. The van der Waals surface area contributed by atoms with Crippen molar-refractivity contribution in [1.82, 2.24) is 9.88 Å². The maximum Gasteiger partial charge on any atom is 0.253 e. The van der Waals surface area contributed by atoms with E-state index < -0.39 is 0 Å². The highest BCUT2D eigenvalue weighted by molar-refractivity contribution is 5.80. The van der Waals surface area contributed by atoms with Crippen LogP contribution in [0.5, 0.6) is 0 Å². The zero-order valence-corrected chi connectivity index (χ0v) is 13.9. The van der Waals surface area contributed by atoms with Crippen LogP contribution < -0.4 is 5.56 Å². The first-order valence-electron chi connectivity index (χ1n) is 8.42. The molecule has 1 aliphatic carbocycles. The van der Waals surface area contributed by atoms with Crippen molar-refractivity contribution in [1.29, 1.82) is 0 Å². The van der Waals surface area contributed by atoms with E-state index >= 15 is 0 Å². The van der Waals surface area contributed by atoms with E-state index in [1.54, 1.807) is 11.9 Å². The Bertz CT molecular complexity index is 773. The monoisotopic (exact) mass is 312 g/mol. The smallest absolute Gasteiger partial charge is 0.253 e. The van der Waals surface area contributed by atoms with Crippen LogP contribution in [0.3, 0.4) is 0 Å². The Hall–Kier alpha value is -2.10. The molecule has 1 saturated carbocycles. The van der Waals surface area contributed by atoms with Gasteiger partial charge in [-0.3, -0.25) is 9.59 Å². The van der Waals surface area contributed by atoms with Crippen molar-refractivity contribution in [3.05, 3.63) is 45.7 Å². The lowest BCUT2D eigenvalue weighted by Crippen LogP contribution is -2.35. The highest BCUT2D eigenvalue weighted by atomic mass is 16.2. The molecular formula is C19H24N2O2. The van der Waals surface area contributed by atoms with Gasteiger partial charge in [0, 0.05) is 24.0 Å². The van der Waals surface area contributed by atoms with Crippen LogP contribution in [0.1, 0.15) is 43.2 Å². The van der Waals surface area contributed by atoms with E-state index in [9.17, 15) is 9.59 Å². The summed E-state index contributed by atoms with van der Waals surface area (Å²) in [7, 11) is 1.80. The summed E-state index contributed by atoms with van der Waals surface area (Å²) in [6.45, 7) is 2.40. The standard InChI is InChI=1S/C19H24N2O2/c1-13-8-9-17-15(10-13)11-16(18(22)20-17)12-21(2)19(23)14-6-4-3-5-7-14/h8-11,14H,3-7,12H2,1-2H3,(H,20,22). The molecule has 4 nitrogen and oxygen atoms in total. The molecule has 1 fully saturated rings. The molecule has 122 valence electrons. The Labute approximate surface area is 136 Å². The summed E-state index contributed by atoms with van der Waals surface area (Å²) in [5.41, 5.74) is 2.53. The van der Waals surface area contributed by atoms with Gasteiger partial charge >= 0.3 is 0 Å². The zero-order chi connectivity index (χ0) is 16.4. The number of nitrogens with zero attached hydrogens (tertiary/aromatic N) is 1. The second-order valence-corrected chi connectivity index (χ2v) is 6.74. The van der Waals surface area contributed by atoms with Gasteiger partial charge in [-0.2, -0.15) is 0 Å². The van der Waals surface area contributed by atoms with Gasteiger partial charge in [0.15, 0.2) is 0 Å². The van der Waals surface area contributed by atoms with Crippen LogP contribution >= 0.6 is 0 Å². The molecule has 2 aromatic rings. The van der Waals surface area contributed by atoms with Crippen molar-refractivity contribution in [2.24, 2.45) is 5.92 Å². The van der Waals surface area contributed by atoms with Crippen molar-refractivity contribution < 1.29 is 4.79 Å². The number of hydrogen-bond donors (Lipinski definition) is 1. The molecule has 1 aromatic carbocycles. The number of aromatic amines is 1. The van der Waals surface area contributed by atoms with Crippen molar-refractivity contribution in [2.45, 2.75) is 45.6 Å². The van der Waals surface area contributed by atoms with Crippen LogP contribution in [0.25, 0.3) is 10.9 Å². The van der Waals surface area contributed by atoms with Crippen molar-refractivity contribution in [3.8, 4) is 0 Å². The average Bonchev–Trinajstić information content (AvgIpc) is 2.56. The van der Waals surface area contributed by atoms with Gasteiger partial charge in [0.1, 0.15) is 0 Å². The quantitative estimate of drug-likeness (QED) is 0.944. The van der Waals surface area contributed by atoms with Crippen LogP contribution in [0.4, 0.5) is 0 Å². The number of nitrogens with one attached hydrogen (secondary N) is 1. The summed E-state index contributed by atoms with van der Waals surface area (Å²) in [4.78, 5) is 29.4. The second kappa shape index (κ2) is 6.57. The minimum atomic E-state index is -0.107. The van der Waals surface area contributed by atoms with E-state index in [4.69, 9.17) is 0 Å². The van der Waals surface area contributed by atoms with Gasteiger partial charge < -0.3 is 9.88 Å². The SMILES string of the molecule is Cc1ccc2[nH]c(=O)c(CN(C)C(=O)C3CCCCC3)cc2c1. The average molecular weight is 312 g/mol. The third-order valence-corrected chi connectivity index (χ3v) is 4.81. The molecule has 4 heteroatoms. The van der Waals surface area contributed by atoms with Crippen LogP contribution in [-0.2, 0) is 11.3 Å². The molecule has 0 unspecified atom stereocenters. The van der Waals surface area contributed by atoms with Crippen molar-refractivity contribution in [3.63, 3.8) is 0 Å². The van der Waals surface area contributed by atoms with Gasteiger partial charge in [0.25, 0.3) is 5.56 Å². The van der Waals surface area contributed by atoms with Crippen LogP contribution in [0.2, 0.25) is 0 Å². The first-order chi connectivity index (χ1) is 11.0. The molecule has 0 bridgehead atoms. The number of benzene rings is 1. The number of pyridine rings is 1. The number of hydrogen-bond acceptors (Lipinski definition) is 2. The number of rotatable bonds is 3. The Balaban J connectivity index is 1.81. The molecule has 1 N–H and O–H groups in total. The van der Waals surface area contributed by atoms with Crippen molar-refractivity contribution in [2.75, 3.05) is 7.05 Å². The molecule has 1 amide bonds. The number of aromatic nitrogens is 1. The predicted molar refractivity (Wildman–Crippen MR) is 92.4 cm³/mol. The maximum atomic E-state index is 12.5. The Morgan fingerprint density at radius 3 is 2.70 bits per heavy atom. The molecule has 3 rings (SSSR count). The summed E-state index contributed by atoms with van der Waals surface area (Å²) >= 11 is 0. The highest BCUT2D eigenvalue weighted by Crippen LogP contribution is 2.25. The van der Waals surface area contributed by atoms with Gasteiger partial charge in [-0.1, -0.05) is 30.9 Å². The van der Waals surface area contributed by atoms with Crippen LogP contribution in [-0.4, -0.2) is 22.8 Å². The van der Waals surface area contributed by atoms with E-state index in [1.165, 1.54) is 6.42 Å². The molecule has 0 radical (unpaired) electrons. The molecule has 23 heavy (non-hydrogen) atoms. The number of fused-ring (bicyclic) bond motifs is 1. The number of carbonyl (C=O) groups excluding carboxylic acids is 1. The molecule has 0 spiro atoms. The maximum absolute atomic E-state index is 12.5.